The van der Waals surface area contributed by atoms with Gasteiger partial charge in [0, 0.05) is 0 Å². The molecule has 0 aliphatic heterocycles. The first-order chi connectivity index (χ1) is 12.0. The second-order valence-electron chi connectivity index (χ2n) is 5.51. The van der Waals surface area contributed by atoms with Crippen molar-refractivity contribution in [1.82, 2.24) is 0 Å². The van der Waals surface area contributed by atoms with Gasteiger partial charge in [-0.15, -0.1) is 0 Å². The molecular formula is C20H19NO4. The predicted molar refractivity (Wildman–Crippen MR) is 93.5 cm³/mol. The number of nitrogens with zero attached hydrogens (tertiary/aromatic N) is 1. The highest BCUT2D eigenvalue weighted by Gasteiger charge is 2.19. The Labute approximate surface area is 146 Å². The molecule has 0 fully saturated rings. The smallest absolute Gasteiger partial charge is 0.349 e. The van der Waals surface area contributed by atoms with Gasteiger partial charge in [0.1, 0.15) is 17.7 Å². The number of nitriles is 1. The molecule has 0 saturated carbocycles. The largest absolute Gasteiger partial charge is 0.504 e. The Hall–Kier alpha value is -3.26. The van der Waals surface area contributed by atoms with Crippen LogP contribution >= 0.6 is 0 Å². The maximum atomic E-state index is 12.4. The van der Waals surface area contributed by atoms with Crippen molar-refractivity contribution in [2.75, 3.05) is 0 Å². The average Bonchev–Trinajstić information content (AvgIpc) is 2.62. The molecule has 0 aromatic heterocycles. The summed E-state index contributed by atoms with van der Waals surface area (Å²) in [6.45, 7) is 1.99. The van der Waals surface area contributed by atoms with E-state index in [0.29, 0.717) is 12.0 Å². The van der Waals surface area contributed by atoms with E-state index >= 15 is 0 Å². The molecule has 1 unspecified atom stereocenters. The zero-order valence-electron chi connectivity index (χ0n) is 13.8. The van der Waals surface area contributed by atoms with E-state index in [9.17, 15) is 20.3 Å². The lowest BCUT2D eigenvalue weighted by Crippen LogP contribution is -2.13. The summed E-state index contributed by atoms with van der Waals surface area (Å²) in [5.74, 6) is -1.32. The van der Waals surface area contributed by atoms with Gasteiger partial charge in [0.05, 0.1) is 0 Å². The Morgan fingerprint density at radius 3 is 2.52 bits per heavy atom. The van der Waals surface area contributed by atoms with E-state index in [1.165, 1.54) is 24.3 Å². The number of carbonyl (C=O) groups is 1. The number of phenolic OH excluding ortho intramolecular Hbond substituents is 2. The lowest BCUT2D eigenvalue weighted by atomic mass is 10.0. The summed E-state index contributed by atoms with van der Waals surface area (Å²) in [7, 11) is 0. The Kier molecular flexibility index (Phi) is 6.19. The van der Waals surface area contributed by atoms with Crippen LogP contribution in [0.1, 0.15) is 37.0 Å². The molecule has 1 atom stereocenters. The minimum Gasteiger partial charge on any atom is -0.504 e. The van der Waals surface area contributed by atoms with Crippen LogP contribution in [0.4, 0.5) is 0 Å². The molecule has 128 valence electrons. The minimum absolute atomic E-state index is 0.179. The monoisotopic (exact) mass is 337 g/mol. The van der Waals surface area contributed by atoms with Crippen LogP contribution in [0.2, 0.25) is 0 Å². The normalized spacial score (nSPS) is 12.2. The number of carbonyl (C=O) groups excluding carboxylic acids is 1. The van der Waals surface area contributed by atoms with Crippen LogP contribution in [0, 0.1) is 11.3 Å². The van der Waals surface area contributed by atoms with Crippen molar-refractivity contribution in [2.45, 2.75) is 25.9 Å². The molecule has 0 aliphatic carbocycles. The van der Waals surface area contributed by atoms with Crippen LogP contribution in [-0.2, 0) is 9.53 Å². The average molecular weight is 337 g/mol. The molecule has 2 aromatic rings. The van der Waals surface area contributed by atoms with Crippen LogP contribution in [-0.4, -0.2) is 16.2 Å². The van der Waals surface area contributed by atoms with Crippen molar-refractivity contribution < 1.29 is 19.7 Å². The summed E-state index contributed by atoms with van der Waals surface area (Å²) < 4.78 is 5.51. The van der Waals surface area contributed by atoms with Gasteiger partial charge in [0.25, 0.3) is 0 Å². The first-order valence-electron chi connectivity index (χ1n) is 7.94. The van der Waals surface area contributed by atoms with Crippen molar-refractivity contribution in [1.29, 1.82) is 5.26 Å². The van der Waals surface area contributed by atoms with Crippen LogP contribution in [0.25, 0.3) is 6.08 Å². The summed E-state index contributed by atoms with van der Waals surface area (Å²) in [6.07, 6.45) is 2.36. The van der Waals surface area contributed by atoms with Gasteiger partial charge in [0.15, 0.2) is 11.5 Å². The Morgan fingerprint density at radius 1 is 1.20 bits per heavy atom. The predicted octanol–water partition coefficient (Wildman–Crippen LogP) is 4.09. The molecule has 0 spiro atoms. The van der Waals surface area contributed by atoms with E-state index < -0.39 is 12.1 Å². The van der Waals surface area contributed by atoms with Crippen LogP contribution in [0.5, 0.6) is 11.5 Å². The third kappa shape index (κ3) is 4.85. The summed E-state index contributed by atoms with van der Waals surface area (Å²) in [4.78, 5) is 12.4. The number of benzene rings is 2. The van der Waals surface area contributed by atoms with E-state index in [1.807, 2.05) is 43.3 Å². The molecule has 2 rings (SSSR count). The fourth-order valence-electron chi connectivity index (χ4n) is 2.35. The van der Waals surface area contributed by atoms with E-state index in [1.54, 1.807) is 0 Å². The summed E-state index contributed by atoms with van der Waals surface area (Å²) in [5.41, 5.74) is 1.11. The molecule has 0 aliphatic rings. The Bertz CT molecular complexity index is 806. The number of phenols is 2. The van der Waals surface area contributed by atoms with Gasteiger partial charge >= 0.3 is 5.97 Å². The van der Waals surface area contributed by atoms with Crippen molar-refractivity contribution in [3.8, 4) is 17.6 Å². The summed E-state index contributed by atoms with van der Waals surface area (Å²) >= 11 is 0. The van der Waals surface area contributed by atoms with Gasteiger partial charge in [-0.25, -0.2) is 4.79 Å². The second kappa shape index (κ2) is 8.55. The third-order valence-electron chi connectivity index (χ3n) is 3.62. The van der Waals surface area contributed by atoms with Gasteiger partial charge in [-0.05, 0) is 35.8 Å². The molecule has 25 heavy (non-hydrogen) atoms. The first-order valence-corrected chi connectivity index (χ1v) is 7.94. The summed E-state index contributed by atoms with van der Waals surface area (Å²) in [5, 5.41) is 28.1. The van der Waals surface area contributed by atoms with Crippen LogP contribution < -0.4 is 0 Å². The van der Waals surface area contributed by atoms with Gasteiger partial charge < -0.3 is 14.9 Å². The molecule has 5 heteroatoms. The standard InChI is InChI=1S/C20H19NO4/c1-2-6-19(15-7-4-3-5-8-15)25-20(24)16(13-21)11-14-9-10-17(22)18(23)12-14/h3-5,7-12,19,22-23H,2,6H2,1H3/b16-11+. The van der Waals surface area contributed by atoms with E-state index in [0.717, 1.165) is 12.0 Å². The molecule has 0 amide bonds. The van der Waals surface area contributed by atoms with Crippen molar-refractivity contribution in [2.24, 2.45) is 0 Å². The molecule has 2 aromatic carbocycles. The number of rotatable bonds is 6. The topological polar surface area (TPSA) is 90.6 Å². The van der Waals surface area contributed by atoms with Gasteiger partial charge in [-0.3, -0.25) is 0 Å². The fraction of sp³-hybridized carbons (Fsp3) is 0.200. The lowest BCUT2D eigenvalue weighted by molar-refractivity contribution is -0.144. The number of ether oxygens (including phenoxy) is 1. The van der Waals surface area contributed by atoms with Gasteiger partial charge in [0.2, 0.25) is 0 Å². The minimum atomic E-state index is -0.725. The van der Waals surface area contributed by atoms with Gasteiger partial charge in [-0.1, -0.05) is 49.7 Å². The second-order valence-corrected chi connectivity index (χ2v) is 5.51. The highest BCUT2D eigenvalue weighted by Crippen LogP contribution is 2.27. The van der Waals surface area contributed by atoms with E-state index in [4.69, 9.17) is 4.74 Å². The number of aromatic hydroxyl groups is 2. The first kappa shape index (κ1) is 18.1. The maximum Gasteiger partial charge on any atom is 0.349 e. The highest BCUT2D eigenvalue weighted by atomic mass is 16.5. The third-order valence-corrected chi connectivity index (χ3v) is 3.62. The number of hydrogen-bond acceptors (Lipinski definition) is 5. The maximum absolute atomic E-state index is 12.4. The van der Waals surface area contributed by atoms with Gasteiger partial charge in [-0.2, -0.15) is 5.26 Å². The molecule has 0 saturated heterocycles. The van der Waals surface area contributed by atoms with Crippen molar-refractivity contribution in [3.05, 3.63) is 65.2 Å². The lowest BCUT2D eigenvalue weighted by Gasteiger charge is -2.17. The molecule has 0 radical (unpaired) electrons. The molecule has 0 heterocycles. The molecule has 0 bridgehead atoms. The van der Waals surface area contributed by atoms with Crippen LogP contribution in [0.3, 0.4) is 0 Å². The zero-order chi connectivity index (χ0) is 18.2. The SMILES string of the molecule is CCCC(OC(=O)/C(C#N)=C/c1ccc(O)c(O)c1)c1ccccc1. The van der Waals surface area contributed by atoms with Crippen molar-refractivity contribution in [3.63, 3.8) is 0 Å². The Morgan fingerprint density at radius 2 is 1.92 bits per heavy atom. The van der Waals surface area contributed by atoms with Crippen molar-refractivity contribution >= 4 is 12.0 Å². The van der Waals surface area contributed by atoms with E-state index in [-0.39, 0.29) is 17.1 Å². The quantitative estimate of drug-likeness (QED) is 0.358. The highest BCUT2D eigenvalue weighted by molar-refractivity contribution is 5.98. The molecule has 5 nitrogen and oxygen atoms in total. The summed E-state index contributed by atoms with van der Waals surface area (Å²) in [6, 6.07) is 15.2. The fourth-order valence-corrected chi connectivity index (χ4v) is 2.35. The van der Waals surface area contributed by atoms with E-state index in [2.05, 4.69) is 0 Å². The number of esters is 1. The number of hydrogen-bond donors (Lipinski definition) is 2. The molecule has 2 N–H and O–H groups in total. The zero-order valence-corrected chi connectivity index (χ0v) is 13.8. The molecular weight excluding hydrogens is 318 g/mol. The Balaban J connectivity index is 2.22. The van der Waals surface area contributed by atoms with Crippen LogP contribution in [0.15, 0.2) is 54.1 Å².